The first-order valence-electron chi connectivity index (χ1n) is 2.16. The quantitative estimate of drug-likeness (QED) is 0.473. The maximum atomic E-state index is 9.82. The number of carbonyl (C=O) groups excluding carboxylic acids is 1. The van der Waals surface area contributed by atoms with Gasteiger partial charge in [-0.25, -0.2) is 5.26 Å². The molecule has 0 heterocycles. The van der Waals surface area contributed by atoms with Gasteiger partial charge in [-0.15, -0.1) is 0 Å². The van der Waals surface area contributed by atoms with E-state index in [4.69, 9.17) is 5.26 Å². The van der Waals surface area contributed by atoms with Gasteiger partial charge in [0.1, 0.15) is 0 Å². The molecule has 0 saturated heterocycles. The smallest absolute Gasteiger partial charge is 0.302 e. The van der Waals surface area contributed by atoms with E-state index in [1.54, 1.807) is 6.92 Å². The summed E-state index contributed by atoms with van der Waals surface area (Å²) in [7, 11) is 0. The van der Waals surface area contributed by atoms with E-state index in [1.807, 2.05) is 0 Å². The summed E-state index contributed by atoms with van der Waals surface area (Å²) in [6.07, 6.45) is 0. The molecule has 0 aromatic carbocycles. The molecule has 0 aromatic heterocycles. The van der Waals surface area contributed by atoms with Gasteiger partial charge in [0.2, 0.25) is 0 Å². The minimum atomic E-state index is -0.211. The molecule has 0 aromatic rings. The largest absolute Gasteiger partial charge is 0.466 e. The van der Waals surface area contributed by atoms with Crippen LogP contribution in [-0.2, 0) is 9.53 Å². The van der Waals surface area contributed by atoms with Crippen molar-refractivity contribution in [1.82, 2.24) is 0 Å². The van der Waals surface area contributed by atoms with Gasteiger partial charge in [0.25, 0.3) is 0 Å². The highest BCUT2D eigenvalue weighted by molar-refractivity contribution is 5.65. The van der Waals surface area contributed by atoms with Gasteiger partial charge in [-0.1, -0.05) is 0 Å². The van der Waals surface area contributed by atoms with E-state index in [0.29, 0.717) is 6.61 Å². The van der Waals surface area contributed by atoms with Crippen LogP contribution in [0.4, 0.5) is 0 Å². The lowest BCUT2D eigenvalue weighted by molar-refractivity contribution is -0.140. The molecule has 0 radical (unpaired) electrons. The van der Waals surface area contributed by atoms with Crippen LogP contribution in [-0.4, -0.2) is 12.6 Å². The number of nitriles is 1. The Morgan fingerprint density at radius 1 is 1.75 bits per heavy atom. The van der Waals surface area contributed by atoms with Crippen LogP contribution in [0.1, 0.15) is 13.8 Å². The predicted molar refractivity (Wildman–Crippen MR) is 29.0 cm³/mol. The molecule has 0 saturated carbocycles. The van der Waals surface area contributed by atoms with Crippen molar-refractivity contribution < 1.29 is 9.53 Å². The van der Waals surface area contributed by atoms with Crippen LogP contribution >= 0.6 is 0 Å². The van der Waals surface area contributed by atoms with Crippen molar-refractivity contribution in [3.63, 3.8) is 0 Å². The van der Waals surface area contributed by atoms with E-state index in [0.717, 1.165) is 0 Å². The lowest BCUT2D eigenvalue weighted by atomic mass is 10.8. The molecule has 0 bridgehead atoms. The van der Waals surface area contributed by atoms with E-state index in [2.05, 4.69) is 11.3 Å². The zero-order valence-electron chi connectivity index (χ0n) is 5.05. The van der Waals surface area contributed by atoms with E-state index in [1.165, 1.54) is 6.92 Å². The van der Waals surface area contributed by atoms with Gasteiger partial charge in [0.05, 0.1) is 6.61 Å². The zero-order chi connectivity index (χ0) is 6.99. The zero-order valence-corrected chi connectivity index (χ0v) is 5.05. The number of rotatable bonds is 1. The van der Waals surface area contributed by atoms with Crippen molar-refractivity contribution in [3.05, 3.63) is 0 Å². The molecule has 0 fully saturated rings. The number of hydrogen-bond acceptors (Lipinski definition) is 3. The molecule has 0 N–H and O–H groups in total. The Morgan fingerprint density at radius 2 is 2.12 bits per heavy atom. The Kier molecular flexibility index (Phi) is 11.7. The van der Waals surface area contributed by atoms with Crippen molar-refractivity contribution in [1.29, 1.82) is 5.26 Å². The normalized spacial score (nSPS) is 6.00. The highest BCUT2D eigenvalue weighted by Crippen LogP contribution is 1.69. The lowest BCUT2D eigenvalue weighted by Gasteiger charge is -1.89. The summed E-state index contributed by atoms with van der Waals surface area (Å²) >= 11 is 0. The summed E-state index contributed by atoms with van der Waals surface area (Å²) in [4.78, 5) is 9.82. The molecule has 0 unspecified atom stereocenters. The van der Waals surface area contributed by atoms with Crippen LogP contribution in [0.15, 0.2) is 0 Å². The second-order valence-corrected chi connectivity index (χ2v) is 0.925. The third kappa shape index (κ3) is 20.2. The fraction of sp³-hybridized carbons (Fsp3) is 0.600. The second-order valence-electron chi connectivity index (χ2n) is 0.925. The Labute approximate surface area is 48.9 Å². The van der Waals surface area contributed by atoms with Crippen molar-refractivity contribution >= 4 is 5.97 Å². The van der Waals surface area contributed by atoms with Crippen molar-refractivity contribution in [2.45, 2.75) is 13.8 Å². The van der Waals surface area contributed by atoms with Crippen LogP contribution in [0.5, 0.6) is 0 Å². The Balaban J connectivity index is 0. The summed E-state index contributed by atoms with van der Waals surface area (Å²) in [5.74, 6) is -0.211. The van der Waals surface area contributed by atoms with Crippen LogP contribution in [0.3, 0.4) is 0 Å². The first kappa shape index (κ1) is 10.0. The minimum Gasteiger partial charge on any atom is -0.466 e. The summed E-state index contributed by atoms with van der Waals surface area (Å²) in [6.45, 7) is 7.15. The SMILES string of the molecule is C#N.CCOC(C)=O. The standard InChI is InChI=1S/C4H8O2.CHN/c1-3-6-4(2)5;1-2/h3H2,1-2H3;1H. The predicted octanol–water partition coefficient (Wildman–Crippen LogP) is 0.709. The van der Waals surface area contributed by atoms with Crippen LogP contribution in [0, 0.1) is 11.8 Å². The molecule has 0 aliphatic rings. The summed E-state index contributed by atoms with van der Waals surface area (Å²) in [6, 6.07) is 0. The molecule has 0 aliphatic carbocycles. The van der Waals surface area contributed by atoms with Crippen molar-refractivity contribution in [3.8, 4) is 6.57 Å². The molecule has 0 rings (SSSR count). The highest BCUT2D eigenvalue weighted by Gasteiger charge is 1.81. The Hall–Kier alpha value is -1.04. The van der Waals surface area contributed by atoms with E-state index >= 15 is 0 Å². The average molecular weight is 115 g/mol. The average Bonchev–Trinajstić information content (AvgIpc) is 1.72. The first-order valence-corrected chi connectivity index (χ1v) is 2.16. The van der Waals surface area contributed by atoms with E-state index < -0.39 is 0 Å². The fourth-order valence-corrected chi connectivity index (χ4v) is 0.203. The van der Waals surface area contributed by atoms with Gasteiger partial charge in [-0.3, -0.25) is 4.79 Å². The molecule has 8 heavy (non-hydrogen) atoms. The van der Waals surface area contributed by atoms with Gasteiger partial charge in [0.15, 0.2) is 0 Å². The number of ether oxygens (including phenoxy) is 1. The van der Waals surface area contributed by atoms with Gasteiger partial charge >= 0.3 is 5.97 Å². The second kappa shape index (κ2) is 9.35. The number of carbonyl (C=O) groups is 1. The lowest BCUT2D eigenvalue weighted by Crippen LogP contribution is -1.95. The fourth-order valence-electron chi connectivity index (χ4n) is 0.203. The van der Waals surface area contributed by atoms with Gasteiger partial charge < -0.3 is 4.74 Å². The van der Waals surface area contributed by atoms with E-state index in [-0.39, 0.29) is 5.97 Å². The van der Waals surface area contributed by atoms with Crippen LogP contribution in [0.25, 0.3) is 0 Å². The minimum absolute atomic E-state index is 0.211. The Morgan fingerprint density at radius 3 is 2.12 bits per heavy atom. The molecular weight excluding hydrogens is 106 g/mol. The number of nitrogens with zero attached hydrogens (tertiary/aromatic N) is 1. The molecule has 3 heteroatoms. The Bertz CT molecular complexity index is 77.7. The maximum absolute atomic E-state index is 9.82. The molecule has 0 aliphatic heterocycles. The topological polar surface area (TPSA) is 50.1 Å². The molecule has 46 valence electrons. The molecule has 0 amide bonds. The number of esters is 1. The van der Waals surface area contributed by atoms with Gasteiger partial charge in [-0.05, 0) is 6.92 Å². The third-order valence-electron chi connectivity index (χ3n) is 0.348. The molecular formula is C5H9NO2. The van der Waals surface area contributed by atoms with Gasteiger partial charge in [-0.2, -0.15) is 0 Å². The molecule has 0 spiro atoms. The van der Waals surface area contributed by atoms with Gasteiger partial charge in [0, 0.05) is 13.5 Å². The molecule has 3 nitrogen and oxygen atoms in total. The van der Waals surface area contributed by atoms with Crippen LogP contribution < -0.4 is 0 Å². The van der Waals surface area contributed by atoms with Crippen LogP contribution in [0.2, 0.25) is 0 Å². The van der Waals surface area contributed by atoms with Crippen molar-refractivity contribution in [2.75, 3.05) is 6.61 Å². The summed E-state index contributed by atoms with van der Waals surface area (Å²) < 4.78 is 4.40. The highest BCUT2D eigenvalue weighted by atomic mass is 16.5. The summed E-state index contributed by atoms with van der Waals surface area (Å²) in [5, 5.41) is 6.50. The number of hydrogen-bond donors (Lipinski definition) is 0. The van der Waals surface area contributed by atoms with Crippen molar-refractivity contribution in [2.24, 2.45) is 0 Å². The third-order valence-corrected chi connectivity index (χ3v) is 0.348. The first-order chi connectivity index (χ1) is 3.77. The molecule has 0 atom stereocenters. The summed E-state index contributed by atoms with van der Waals surface area (Å²) in [5.41, 5.74) is 0. The van der Waals surface area contributed by atoms with E-state index in [9.17, 15) is 4.79 Å². The monoisotopic (exact) mass is 115 g/mol. The maximum Gasteiger partial charge on any atom is 0.302 e.